The first-order valence-electron chi connectivity index (χ1n) is 25.0. The number of carbonyl (C=O) groups excluding carboxylic acids is 4. The van der Waals surface area contributed by atoms with E-state index < -0.39 is 17.9 Å². The second kappa shape index (κ2) is 19.1. The second-order valence-corrected chi connectivity index (χ2v) is 21.4. The van der Waals surface area contributed by atoms with Gasteiger partial charge in [-0.2, -0.15) is 5.26 Å². The minimum atomic E-state index is -0.859. The number of carbonyl (C=O) groups is 4. The summed E-state index contributed by atoms with van der Waals surface area (Å²) in [5.41, 5.74) is 6.80. The average Bonchev–Trinajstić information content (AvgIpc) is 3.59. The number of rotatable bonds is 10. The highest BCUT2D eigenvalue weighted by Crippen LogP contribution is 2.47. The summed E-state index contributed by atoms with van der Waals surface area (Å²) in [6.07, 6.45) is 12.5. The topological polar surface area (TPSA) is 134 Å². The molecule has 12 nitrogen and oxygen atoms in total. The number of ketones is 2. The van der Waals surface area contributed by atoms with E-state index in [9.17, 15) is 24.4 Å². The summed E-state index contributed by atoms with van der Waals surface area (Å²) in [6, 6.07) is 24.6. The third kappa shape index (κ3) is 9.34. The predicted molar refractivity (Wildman–Crippen MR) is 263 cm³/mol. The summed E-state index contributed by atoms with van der Waals surface area (Å²) in [4.78, 5) is 73.2. The van der Waals surface area contributed by atoms with Gasteiger partial charge in [0, 0.05) is 104 Å². The molecule has 354 valence electrons. The molecule has 68 heavy (non-hydrogen) atoms. The van der Waals surface area contributed by atoms with E-state index >= 15 is 0 Å². The highest BCUT2D eigenvalue weighted by Gasteiger charge is 2.48. The molecule has 4 aliphatic heterocycles. The number of halogens is 1. The normalized spacial score (nSPS) is 22.3. The SMILES string of the molecule is CC(C)(c1ccc(CCc2ccnc(N3CCN(C4CCN(C5CCC6(CC5)CN(c5ccc7c(c5)C(=O)N(C5CCC(=O)CCCC5=O)C7=O)C6)CC4)CC3)n2)cc1)c1cc(Cl)cc(C#N)c1. The standard InChI is InChI=1S/C55H63ClN8O4/c1-54(2,40-30-38(34-57)31-41(56)32-40)39-9-6-37(7-10-39)8-11-42-18-23-58-53(59-42)62-28-26-61(27-29-62)44-19-24-60(25-20-44)43-16-21-55(22-17-43)35-63(36-55)45-12-14-47-48(33-45)52(68)64(51(47)67)49-15-13-46(65)4-3-5-50(49)66/h6-7,9-10,12,14,18,23,30-33,43-44,49H,3-5,8,11,13,15-17,19-22,24-29,35-36H2,1-2H3. The van der Waals surface area contributed by atoms with Gasteiger partial charge >= 0.3 is 0 Å². The van der Waals surface area contributed by atoms with Crippen LogP contribution in [-0.4, -0.2) is 119 Å². The number of piperidine rings is 1. The monoisotopic (exact) mass is 934 g/mol. The highest BCUT2D eigenvalue weighted by atomic mass is 35.5. The van der Waals surface area contributed by atoms with Gasteiger partial charge in [0.05, 0.1) is 28.8 Å². The average molecular weight is 936 g/mol. The predicted octanol–water partition coefficient (Wildman–Crippen LogP) is 8.22. The Morgan fingerprint density at radius 2 is 1.43 bits per heavy atom. The maximum atomic E-state index is 13.6. The number of anilines is 2. The minimum Gasteiger partial charge on any atom is -0.370 e. The van der Waals surface area contributed by atoms with Crippen molar-refractivity contribution < 1.29 is 19.2 Å². The molecule has 2 saturated carbocycles. The van der Waals surface area contributed by atoms with Crippen molar-refractivity contribution in [2.75, 3.05) is 62.2 Å². The lowest BCUT2D eigenvalue weighted by Gasteiger charge is -2.56. The first kappa shape index (κ1) is 46.3. The summed E-state index contributed by atoms with van der Waals surface area (Å²) >= 11 is 6.34. The van der Waals surface area contributed by atoms with Crippen LogP contribution in [0.2, 0.25) is 5.02 Å². The van der Waals surface area contributed by atoms with E-state index in [0.29, 0.717) is 52.1 Å². The Kier molecular flexibility index (Phi) is 13.0. The van der Waals surface area contributed by atoms with Gasteiger partial charge in [-0.3, -0.25) is 29.0 Å². The minimum absolute atomic E-state index is 0.0879. The fourth-order valence-corrected chi connectivity index (χ4v) is 12.4. The van der Waals surface area contributed by atoms with E-state index in [1.807, 2.05) is 36.5 Å². The second-order valence-electron chi connectivity index (χ2n) is 21.0. The summed E-state index contributed by atoms with van der Waals surface area (Å²) in [6.45, 7) is 12.5. The summed E-state index contributed by atoms with van der Waals surface area (Å²) in [5, 5.41) is 10.0. The fourth-order valence-electron chi connectivity index (χ4n) is 12.2. The Hall–Kier alpha value is -5.48. The van der Waals surface area contributed by atoms with E-state index in [0.717, 1.165) is 93.0 Å². The van der Waals surface area contributed by atoms with Gasteiger partial charge in [0.25, 0.3) is 11.8 Å². The quantitative estimate of drug-likeness (QED) is 0.143. The molecule has 2 aliphatic carbocycles. The Bertz CT molecular complexity index is 2610. The van der Waals surface area contributed by atoms with Crippen LogP contribution in [0.5, 0.6) is 0 Å². The van der Waals surface area contributed by atoms with Gasteiger partial charge in [-0.25, -0.2) is 9.97 Å². The molecular weight excluding hydrogens is 872 g/mol. The number of Topliss-reactive ketones (excluding diaryl/α,β-unsaturated/α-hetero) is 2. The fraction of sp³-hybridized carbons (Fsp3) is 0.509. The molecule has 1 unspecified atom stereocenters. The van der Waals surface area contributed by atoms with Crippen molar-refractivity contribution in [3.8, 4) is 6.07 Å². The van der Waals surface area contributed by atoms with Gasteiger partial charge in [0.1, 0.15) is 5.78 Å². The number of imide groups is 1. The number of nitriles is 1. The van der Waals surface area contributed by atoms with Crippen molar-refractivity contribution in [3.05, 3.63) is 117 Å². The number of aryl methyl sites for hydroxylation is 2. The number of aromatic nitrogens is 2. The molecule has 2 amide bonds. The highest BCUT2D eigenvalue weighted by molar-refractivity contribution is 6.30. The molecule has 1 spiro atoms. The Labute approximate surface area is 405 Å². The third-order valence-corrected chi connectivity index (χ3v) is 16.7. The summed E-state index contributed by atoms with van der Waals surface area (Å²) in [7, 11) is 0. The van der Waals surface area contributed by atoms with Gasteiger partial charge in [0.2, 0.25) is 5.95 Å². The zero-order valence-electron chi connectivity index (χ0n) is 39.6. The van der Waals surface area contributed by atoms with Crippen LogP contribution in [0.4, 0.5) is 11.6 Å². The molecule has 0 bridgehead atoms. The van der Waals surface area contributed by atoms with Crippen LogP contribution in [0.25, 0.3) is 0 Å². The van der Waals surface area contributed by atoms with Crippen molar-refractivity contribution in [2.24, 2.45) is 5.41 Å². The number of hydrogen-bond donors (Lipinski definition) is 0. The van der Waals surface area contributed by atoms with Gasteiger partial charge in [0.15, 0.2) is 5.78 Å². The largest absolute Gasteiger partial charge is 0.370 e. The molecule has 1 aromatic heterocycles. The van der Waals surface area contributed by atoms with Crippen molar-refractivity contribution in [1.82, 2.24) is 24.7 Å². The first-order valence-corrected chi connectivity index (χ1v) is 25.4. The lowest BCUT2D eigenvalue weighted by Crippen LogP contribution is -2.60. The molecule has 1 atom stereocenters. The number of piperazine rings is 1. The Morgan fingerprint density at radius 3 is 2.16 bits per heavy atom. The molecule has 5 heterocycles. The van der Waals surface area contributed by atoms with E-state index in [1.165, 1.54) is 49.7 Å². The van der Waals surface area contributed by atoms with Crippen LogP contribution in [0.15, 0.2) is 72.9 Å². The summed E-state index contributed by atoms with van der Waals surface area (Å²) in [5.74, 6) is -0.0207. The van der Waals surface area contributed by atoms with Gasteiger partial charge in [-0.05, 0) is 136 Å². The summed E-state index contributed by atoms with van der Waals surface area (Å²) < 4.78 is 0. The third-order valence-electron chi connectivity index (χ3n) is 16.5. The number of nitrogens with zero attached hydrogens (tertiary/aromatic N) is 8. The van der Waals surface area contributed by atoms with E-state index in [4.69, 9.17) is 21.6 Å². The molecule has 3 aromatic carbocycles. The molecule has 0 N–H and O–H groups in total. The molecule has 4 aromatic rings. The smallest absolute Gasteiger partial charge is 0.262 e. The first-order chi connectivity index (χ1) is 32.9. The molecule has 10 rings (SSSR count). The Balaban J connectivity index is 0.651. The molecular formula is C55H63ClN8O4. The van der Waals surface area contributed by atoms with Gasteiger partial charge in [-0.15, -0.1) is 0 Å². The van der Waals surface area contributed by atoms with Crippen LogP contribution in [0, 0.1) is 16.7 Å². The van der Waals surface area contributed by atoms with Crippen molar-refractivity contribution in [2.45, 2.75) is 121 Å². The maximum absolute atomic E-state index is 13.6. The number of fused-ring (bicyclic) bond motifs is 1. The molecule has 13 heteroatoms. The van der Waals surface area contributed by atoms with E-state index in [2.05, 4.69) is 63.8 Å². The Morgan fingerprint density at radius 1 is 0.721 bits per heavy atom. The van der Waals surface area contributed by atoms with Crippen LogP contribution < -0.4 is 9.80 Å². The maximum Gasteiger partial charge on any atom is 0.262 e. The lowest BCUT2D eigenvalue weighted by molar-refractivity contribution is -0.125. The number of hydrogen-bond acceptors (Lipinski definition) is 11. The molecule has 0 radical (unpaired) electrons. The van der Waals surface area contributed by atoms with Crippen molar-refractivity contribution in [1.29, 1.82) is 5.26 Å². The van der Waals surface area contributed by atoms with Gasteiger partial charge < -0.3 is 14.7 Å². The number of benzene rings is 3. The zero-order chi connectivity index (χ0) is 47.2. The van der Waals surface area contributed by atoms with Crippen LogP contribution in [0.1, 0.15) is 133 Å². The number of likely N-dealkylation sites (tertiary alicyclic amines) is 1. The van der Waals surface area contributed by atoms with Crippen molar-refractivity contribution >= 4 is 46.6 Å². The van der Waals surface area contributed by atoms with Crippen LogP contribution in [-0.2, 0) is 27.8 Å². The zero-order valence-corrected chi connectivity index (χ0v) is 40.4. The lowest BCUT2D eigenvalue weighted by atomic mass is 9.67. The van der Waals surface area contributed by atoms with Crippen molar-refractivity contribution in [3.63, 3.8) is 0 Å². The van der Waals surface area contributed by atoms with Gasteiger partial charge in [-0.1, -0.05) is 49.7 Å². The molecule has 5 fully saturated rings. The van der Waals surface area contributed by atoms with E-state index in [-0.39, 0.29) is 36.2 Å². The molecule has 3 saturated heterocycles. The van der Waals surface area contributed by atoms with E-state index in [1.54, 1.807) is 12.1 Å². The number of amides is 2. The van der Waals surface area contributed by atoms with Crippen LogP contribution >= 0.6 is 11.6 Å². The molecule has 6 aliphatic rings. The van der Waals surface area contributed by atoms with Crippen LogP contribution in [0.3, 0.4) is 0 Å².